The van der Waals surface area contributed by atoms with Crippen LogP contribution in [0.2, 0.25) is 0 Å². The fraction of sp³-hybridized carbons (Fsp3) is 0.200. The Labute approximate surface area is 92.7 Å². The van der Waals surface area contributed by atoms with Gasteiger partial charge in [0.05, 0.1) is 0 Å². The molecule has 0 unspecified atom stereocenters. The van der Waals surface area contributed by atoms with Crippen molar-refractivity contribution in [3.05, 3.63) is 71.9 Å². The number of hydrogen-bond donors (Lipinski definition) is 0. The van der Waals surface area contributed by atoms with Gasteiger partial charge in [0.2, 0.25) is 0 Å². The van der Waals surface area contributed by atoms with Gasteiger partial charge in [0.1, 0.15) is 0 Å². The van der Waals surface area contributed by atoms with Crippen molar-refractivity contribution in [3.8, 4) is 0 Å². The molecule has 1 saturated carbocycles. The van der Waals surface area contributed by atoms with Gasteiger partial charge in [0, 0.05) is 0 Å². The highest BCUT2D eigenvalue weighted by molar-refractivity contribution is 5.64. The second kappa shape index (κ2) is 4.31. The van der Waals surface area contributed by atoms with Gasteiger partial charge in [-0.25, -0.2) is 0 Å². The fourth-order valence-electron chi connectivity index (χ4n) is 1.68. The van der Waals surface area contributed by atoms with E-state index in [4.69, 9.17) is 0 Å². The van der Waals surface area contributed by atoms with E-state index in [1.54, 1.807) is 0 Å². The van der Waals surface area contributed by atoms with Crippen molar-refractivity contribution in [2.75, 3.05) is 0 Å². The van der Waals surface area contributed by atoms with E-state index in [1.165, 1.54) is 11.1 Å². The second-order valence-corrected chi connectivity index (χ2v) is 4.17. The van der Waals surface area contributed by atoms with E-state index in [9.17, 15) is 0 Å². The Balaban J connectivity index is 3.06. The van der Waals surface area contributed by atoms with Crippen molar-refractivity contribution in [2.45, 2.75) is 20.3 Å². The van der Waals surface area contributed by atoms with Gasteiger partial charge in [-0.15, -0.1) is 0 Å². The van der Waals surface area contributed by atoms with Crippen LogP contribution in [0.4, 0.5) is 0 Å². The molecule has 0 heteroatoms. The Morgan fingerprint density at radius 1 is 0.933 bits per heavy atom. The number of rotatable bonds is 2. The average molecular weight is 198 g/mol. The zero-order valence-electron chi connectivity index (χ0n) is 9.69. The topological polar surface area (TPSA) is 0 Å². The number of hydrogen-bond acceptors (Lipinski definition) is 0. The second-order valence-electron chi connectivity index (χ2n) is 4.17. The molecule has 0 nitrogen and oxygen atoms in total. The highest BCUT2D eigenvalue weighted by atomic mass is 14.2. The van der Waals surface area contributed by atoms with Crippen LogP contribution in [-0.2, 0) is 0 Å². The summed E-state index contributed by atoms with van der Waals surface area (Å²) in [5, 5.41) is 0. The van der Waals surface area contributed by atoms with Crippen LogP contribution in [0.1, 0.15) is 20.3 Å². The molecule has 0 atom stereocenters. The average Bonchev–Trinajstić information content (AvgIpc) is 2.32. The van der Waals surface area contributed by atoms with Crippen molar-refractivity contribution in [1.82, 2.24) is 0 Å². The summed E-state index contributed by atoms with van der Waals surface area (Å²) in [5.74, 6) is 0. The lowest BCUT2D eigenvalue weighted by atomic mass is 10.1. The first-order chi connectivity index (χ1) is 6.91. The molecule has 0 aromatic rings. The van der Waals surface area contributed by atoms with Crippen LogP contribution < -0.4 is 0 Å². The highest BCUT2D eigenvalue weighted by Crippen LogP contribution is 2.38. The first kappa shape index (κ1) is 11.5. The molecule has 1 aliphatic carbocycles. The lowest BCUT2D eigenvalue weighted by Crippen LogP contribution is -1.78. The maximum absolute atomic E-state index is 4.05. The van der Waals surface area contributed by atoms with Gasteiger partial charge in [-0.1, -0.05) is 49.6 Å². The fourth-order valence-corrected chi connectivity index (χ4v) is 1.68. The maximum Gasteiger partial charge on any atom is -0.00137 e. The normalized spacial score (nSPS) is 21.5. The molecule has 0 aromatic carbocycles. The number of allylic oxidation sites excluding steroid dienone is 8. The molecule has 78 valence electrons. The van der Waals surface area contributed by atoms with E-state index in [2.05, 4.69) is 38.5 Å². The molecule has 0 bridgehead atoms. The van der Waals surface area contributed by atoms with Crippen molar-refractivity contribution >= 4 is 0 Å². The zero-order valence-corrected chi connectivity index (χ0v) is 9.69. The standard InChI is InChI=1S/C15H18/c1-10(2)7-14-9-15(8-11(3)4)13(6)12(14)5/h7-8H,1,3,5-6,9H2,2,4H3/b14-7-,15-8-. The van der Waals surface area contributed by atoms with Crippen LogP contribution in [0, 0.1) is 0 Å². The van der Waals surface area contributed by atoms with Crippen molar-refractivity contribution in [3.63, 3.8) is 0 Å². The van der Waals surface area contributed by atoms with Crippen LogP contribution in [0.3, 0.4) is 0 Å². The summed E-state index contributed by atoms with van der Waals surface area (Å²) >= 11 is 0. The molecule has 1 fully saturated rings. The van der Waals surface area contributed by atoms with Gasteiger partial charge < -0.3 is 0 Å². The highest BCUT2D eigenvalue weighted by Gasteiger charge is 2.20. The lowest BCUT2D eigenvalue weighted by Gasteiger charge is -1.97. The molecule has 1 rings (SSSR count). The molecule has 0 N–H and O–H groups in total. The van der Waals surface area contributed by atoms with E-state index in [0.717, 1.165) is 28.7 Å². The molecule has 0 heterocycles. The molecular formula is C15H18. The van der Waals surface area contributed by atoms with E-state index in [1.807, 2.05) is 13.8 Å². The van der Waals surface area contributed by atoms with Gasteiger partial charge in [0.25, 0.3) is 0 Å². The minimum Gasteiger partial charge on any atom is -0.0961 e. The third-order valence-corrected chi connectivity index (χ3v) is 2.36. The largest absolute Gasteiger partial charge is 0.0961 e. The Kier molecular flexibility index (Phi) is 3.31. The third kappa shape index (κ3) is 2.69. The molecule has 0 aromatic heterocycles. The van der Waals surface area contributed by atoms with E-state index < -0.39 is 0 Å². The monoisotopic (exact) mass is 198 g/mol. The molecule has 0 aliphatic heterocycles. The first-order valence-electron chi connectivity index (χ1n) is 5.03. The van der Waals surface area contributed by atoms with Crippen molar-refractivity contribution < 1.29 is 0 Å². The third-order valence-electron chi connectivity index (χ3n) is 2.36. The van der Waals surface area contributed by atoms with E-state index in [-0.39, 0.29) is 0 Å². The first-order valence-corrected chi connectivity index (χ1v) is 5.03. The van der Waals surface area contributed by atoms with Crippen molar-refractivity contribution in [1.29, 1.82) is 0 Å². The van der Waals surface area contributed by atoms with Gasteiger partial charge >= 0.3 is 0 Å². The smallest absolute Gasteiger partial charge is 0.00137 e. The molecule has 0 saturated heterocycles. The molecule has 0 spiro atoms. The molecule has 1 aliphatic rings. The van der Waals surface area contributed by atoms with Gasteiger partial charge in [-0.3, -0.25) is 0 Å². The SMILES string of the molecule is C=C(C)/C=C1/C/C(=C/C(=C)C)C(=C)C1=C. The van der Waals surface area contributed by atoms with E-state index >= 15 is 0 Å². The van der Waals surface area contributed by atoms with Crippen LogP contribution in [0.15, 0.2) is 71.9 Å². The summed E-state index contributed by atoms with van der Waals surface area (Å²) in [6, 6.07) is 0. The van der Waals surface area contributed by atoms with E-state index in [0.29, 0.717) is 0 Å². The predicted octanol–water partition coefficient (Wildman–Crippen LogP) is 4.51. The molecule has 15 heavy (non-hydrogen) atoms. The van der Waals surface area contributed by atoms with Gasteiger partial charge in [-0.05, 0) is 42.6 Å². The van der Waals surface area contributed by atoms with Crippen LogP contribution in [-0.4, -0.2) is 0 Å². The zero-order chi connectivity index (χ0) is 11.6. The summed E-state index contributed by atoms with van der Waals surface area (Å²) < 4.78 is 0. The Bertz CT molecular complexity index is 371. The maximum atomic E-state index is 4.05. The quantitative estimate of drug-likeness (QED) is 0.612. The Morgan fingerprint density at radius 2 is 1.27 bits per heavy atom. The molecule has 0 amide bonds. The Morgan fingerprint density at radius 3 is 1.53 bits per heavy atom. The Hall–Kier alpha value is -1.56. The summed E-state index contributed by atoms with van der Waals surface area (Å²) in [6.45, 7) is 19.8. The predicted molar refractivity (Wildman–Crippen MR) is 68.7 cm³/mol. The van der Waals surface area contributed by atoms with Gasteiger partial charge in [-0.2, -0.15) is 0 Å². The van der Waals surface area contributed by atoms with Crippen LogP contribution >= 0.6 is 0 Å². The minimum absolute atomic E-state index is 0.900. The van der Waals surface area contributed by atoms with Crippen LogP contribution in [0.25, 0.3) is 0 Å². The summed E-state index contributed by atoms with van der Waals surface area (Å²) in [6.07, 6.45) is 5.05. The summed E-state index contributed by atoms with van der Waals surface area (Å²) in [7, 11) is 0. The summed E-state index contributed by atoms with van der Waals surface area (Å²) in [5.41, 5.74) is 6.61. The minimum atomic E-state index is 0.900. The van der Waals surface area contributed by atoms with Crippen LogP contribution in [0.5, 0.6) is 0 Å². The lowest BCUT2D eigenvalue weighted by molar-refractivity contribution is 1.25. The molecular weight excluding hydrogens is 180 g/mol. The molecule has 0 radical (unpaired) electrons. The van der Waals surface area contributed by atoms with Crippen molar-refractivity contribution in [2.24, 2.45) is 0 Å². The summed E-state index contributed by atoms with van der Waals surface area (Å²) in [4.78, 5) is 0. The van der Waals surface area contributed by atoms with Gasteiger partial charge in [0.15, 0.2) is 0 Å².